The molecular weight excluding hydrogens is 422 g/mol. The van der Waals surface area contributed by atoms with E-state index >= 15 is 0 Å². The molecule has 0 aliphatic heterocycles. The Kier molecular flexibility index (Phi) is 6.10. The molecule has 0 aliphatic rings. The van der Waals surface area contributed by atoms with Crippen LogP contribution in [0.2, 0.25) is 5.02 Å². The van der Waals surface area contributed by atoms with E-state index in [1.807, 2.05) is 66.7 Å². The standard InChI is InChI=1S/C26H24ClN3O2/c1-26(2,3)20-13-9-18(10-14-20)23(31)28-22(17-11-15-21(27)16-12-17)25-30-29-24(32-25)19-7-5-4-6-8-19/h4-16,22H,1-3H3,(H,28,31)/t22-/m1/s1. The summed E-state index contributed by atoms with van der Waals surface area (Å²) in [6.45, 7) is 6.41. The van der Waals surface area contributed by atoms with Gasteiger partial charge in [-0.25, -0.2) is 0 Å². The molecule has 1 atom stereocenters. The van der Waals surface area contributed by atoms with Crippen molar-refractivity contribution in [3.8, 4) is 11.5 Å². The zero-order valence-corrected chi connectivity index (χ0v) is 18.9. The van der Waals surface area contributed by atoms with Gasteiger partial charge in [0, 0.05) is 16.1 Å². The van der Waals surface area contributed by atoms with Gasteiger partial charge in [-0.15, -0.1) is 10.2 Å². The number of halogens is 1. The minimum absolute atomic E-state index is 0.0123. The molecule has 0 saturated heterocycles. The first-order valence-electron chi connectivity index (χ1n) is 10.4. The number of rotatable bonds is 5. The van der Waals surface area contributed by atoms with Crippen LogP contribution in [-0.2, 0) is 5.41 Å². The van der Waals surface area contributed by atoms with E-state index in [-0.39, 0.29) is 11.3 Å². The van der Waals surface area contributed by atoms with Crippen molar-refractivity contribution in [1.82, 2.24) is 15.5 Å². The molecule has 1 amide bonds. The van der Waals surface area contributed by atoms with E-state index in [1.54, 1.807) is 12.1 Å². The molecule has 3 aromatic carbocycles. The maximum Gasteiger partial charge on any atom is 0.252 e. The predicted molar refractivity (Wildman–Crippen MR) is 126 cm³/mol. The van der Waals surface area contributed by atoms with Gasteiger partial charge in [0.1, 0.15) is 6.04 Å². The SMILES string of the molecule is CC(C)(C)c1ccc(C(=O)N[C@H](c2ccc(Cl)cc2)c2nnc(-c3ccccc3)o2)cc1. The van der Waals surface area contributed by atoms with Crippen molar-refractivity contribution in [1.29, 1.82) is 0 Å². The Morgan fingerprint density at radius 1 is 0.906 bits per heavy atom. The van der Waals surface area contributed by atoms with E-state index in [4.69, 9.17) is 16.0 Å². The van der Waals surface area contributed by atoms with Gasteiger partial charge < -0.3 is 9.73 Å². The van der Waals surface area contributed by atoms with Crippen LogP contribution in [0.3, 0.4) is 0 Å². The lowest BCUT2D eigenvalue weighted by molar-refractivity contribution is 0.0938. The first-order chi connectivity index (χ1) is 15.3. The van der Waals surface area contributed by atoms with Crippen LogP contribution in [0.4, 0.5) is 0 Å². The Labute approximate surface area is 192 Å². The molecule has 0 fully saturated rings. The molecule has 1 N–H and O–H groups in total. The van der Waals surface area contributed by atoms with Gasteiger partial charge in [-0.1, -0.05) is 74.8 Å². The normalized spacial score (nSPS) is 12.4. The Bertz CT molecular complexity index is 1190. The predicted octanol–water partition coefficient (Wildman–Crippen LogP) is 6.21. The molecule has 1 aromatic heterocycles. The van der Waals surface area contributed by atoms with Crippen molar-refractivity contribution in [2.75, 3.05) is 0 Å². The van der Waals surface area contributed by atoms with Crippen LogP contribution in [-0.4, -0.2) is 16.1 Å². The second-order valence-corrected chi connectivity index (χ2v) is 9.03. The zero-order valence-electron chi connectivity index (χ0n) is 18.2. The molecule has 0 unspecified atom stereocenters. The highest BCUT2D eigenvalue weighted by Gasteiger charge is 2.24. The van der Waals surface area contributed by atoms with Gasteiger partial charge >= 0.3 is 0 Å². The number of hydrogen-bond donors (Lipinski definition) is 1. The van der Waals surface area contributed by atoms with Gasteiger partial charge in [-0.3, -0.25) is 4.79 Å². The summed E-state index contributed by atoms with van der Waals surface area (Å²) in [5.74, 6) is 0.457. The molecule has 4 rings (SSSR count). The van der Waals surface area contributed by atoms with Gasteiger partial charge in [0.15, 0.2) is 0 Å². The number of hydrogen-bond acceptors (Lipinski definition) is 4. The topological polar surface area (TPSA) is 68.0 Å². The van der Waals surface area contributed by atoms with Gasteiger partial charge in [-0.2, -0.15) is 0 Å². The van der Waals surface area contributed by atoms with Gasteiger partial charge in [-0.05, 0) is 52.9 Å². The molecule has 5 nitrogen and oxygen atoms in total. The molecule has 0 spiro atoms. The number of nitrogens with zero attached hydrogens (tertiary/aromatic N) is 2. The molecule has 6 heteroatoms. The molecule has 32 heavy (non-hydrogen) atoms. The number of aromatic nitrogens is 2. The fourth-order valence-corrected chi connectivity index (χ4v) is 3.45. The van der Waals surface area contributed by atoms with Crippen LogP contribution in [0.15, 0.2) is 83.3 Å². The average Bonchev–Trinajstić information content (AvgIpc) is 3.28. The van der Waals surface area contributed by atoms with E-state index in [1.165, 1.54) is 0 Å². The summed E-state index contributed by atoms with van der Waals surface area (Å²) < 4.78 is 5.95. The highest BCUT2D eigenvalue weighted by Crippen LogP contribution is 2.27. The van der Waals surface area contributed by atoms with E-state index in [2.05, 4.69) is 36.3 Å². The Morgan fingerprint density at radius 3 is 2.19 bits per heavy atom. The lowest BCUT2D eigenvalue weighted by atomic mass is 9.86. The minimum Gasteiger partial charge on any atom is -0.418 e. The second-order valence-electron chi connectivity index (χ2n) is 8.60. The van der Waals surface area contributed by atoms with Crippen molar-refractivity contribution in [3.63, 3.8) is 0 Å². The van der Waals surface area contributed by atoms with Crippen LogP contribution in [0, 0.1) is 0 Å². The van der Waals surface area contributed by atoms with Crippen molar-refractivity contribution in [2.24, 2.45) is 0 Å². The zero-order chi connectivity index (χ0) is 22.7. The van der Waals surface area contributed by atoms with E-state index < -0.39 is 6.04 Å². The monoisotopic (exact) mass is 445 g/mol. The number of carbonyl (C=O) groups excluding carboxylic acids is 1. The van der Waals surface area contributed by atoms with Crippen LogP contribution in [0.25, 0.3) is 11.5 Å². The number of carbonyl (C=O) groups is 1. The molecule has 0 aliphatic carbocycles. The van der Waals surface area contributed by atoms with Gasteiger partial charge in [0.25, 0.3) is 5.91 Å². The molecule has 0 bridgehead atoms. The van der Waals surface area contributed by atoms with Crippen molar-refractivity contribution in [3.05, 3.63) is 106 Å². The fraction of sp³-hybridized carbons (Fsp3) is 0.192. The quantitative estimate of drug-likeness (QED) is 0.396. The van der Waals surface area contributed by atoms with Crippen molar-refractivity contribution >= 4 is 17.5 Å². The summed E-state index contributed by atoms with van der Waals surface area (Å²) >= 11 is 6.06. The lowest BCUT2D eigenvalue weighted by Gasteiger charge is -2.20. The third-order valence-corrected chi connectivity index (χ3v) is 5.45. The average molecular weight is 446 g/mol. The van der Waals surface area contributed by atoms with Crippen molar-refractivity contribution < 1.29 is 9.21 Å². The van der Waals surface area contributed by atoms with Crippen LogP contribution < -0.4 is 5.32 Å². The molecule has 162 valence electrons. The number of nitrogens with one attached hydrogen (secondary N) is 1. The maximum atomic E-state index is 13.1. The summed E-state index contributed by atoms with van der Waals surface area (Å²) in [7, 11) is 0. The maximum absolute atomic E-state index is 13.1. The Balaban J connectivity index is 1.64. The fourth-order valence-electron chi connectivity index (χ4n) is 3.33. The Morgan fingerprint density at radius 2 is 1.56 bits per heavy atom. The summed E-state index contributed by atoms with van der Waals surface area (Å²) in [5.41, 5.74) is 3.33. The summed E-state index contributed by atoms with van der Waals surface area (Å²) in [4.78, 5) is 13.1. The van der Waals surface area contributed by atoms with E-state index in [9.17, 15) is 4.79 Å². The van der Waals surface area contributed by atoms with Gasteiger partial charge in [0.05, 0.1) is 0 Å². The van der Waals surface area contributed by atoms with Crippen LogP contribution in [0.1, 0.15) is 54.2 Å². The molecule has 0 radical (unpaired) electrons. The third kappa shape index (κ3) is 4.89. The highest BCUT2D eigenvalue weighted by atomic mass is 35.5. The lowest BCUT2D eigenvalue weighted by Crippen LogP contribution is -2.29. The summed E-state index contributed by atoms with van der Waals surface area (Å²) in [5, 5.41) is 12.0. The molecule has 0 saturated carbocycles. The molecular formula is C26H24ClN3O2. The molecule has 1 heterocycles. The van der Waals surface area contributed by atoms with E-state index in [0.717, 1.165) is 16.7 Å². The van der Waals surface area contributed by atoms with Crippen LogP contribution >= 0.6 is 11.6 Å². The minimum atomic E-state index is -0.618. The van der Waals surface area contributed by atoms with E-state index in [0.29, 0.717) is 22.4 Å². The smallest absolute Gasteiger partial charge is 0.252 e. The Hall–Kier alpha value is -3.44. The van der Waals surface area contributed by atoms with Crippen molar-refractivity contribution in [2.45, 2.75) is 32.2 Å². The first kappa shape index (κ1) is 21.8. The first-order valence-corrected chi connectivity index (χ1v) is 10.7. The second kappa shape index (κ2) is 8.97. The number of benzene rings is 3. The van der Waals surface area contributed by atoms with Gasteiger partial charge in [0.2, 0.25) is 11.8 Å². The third-order valence-electron chi connectivity index (χ3n) is 5.20. The molecule has 4 aromatic rings. The summed E-state index contributed by atoms with van der Waals surface area (Å²) in [6, 6.07) is 23.7. The number of amides is 1. The highest BCUT2D eigenvalue weighted by molar-refractivity contribution is 6.30. The van der Waals surface area contributed by atoms with Crippen LogP contribution in [0.5, 0.6) is 0 Å². The largest absolute Gasteiger partial charge is 0.418 e. The summed E-state index contributed by atoms with van der Waals surface area (Å²) in [6.07, 6.45) is 0.